The molecular formula is C9H18O3. The molecule has 0 fully saturated rings. The van der Waals surface area contributed by atoms with E-state index in [1.165, 1.54) is 0 Å². The smallest absolute Gasteiger partial charge is 0.163 e. The Morgan fingerprint density at radius 3 is 2.25 bits per heavy atom. The zero-order chi connectivity index (χ0) is 9.61. The third kappa shape index (κ3) is 5.27. The third-order valence-corrected chi connectivity index (χ3v) is 1.50. The lowest BCUT2D eigenvalue weighted by atomic mass is 9.91. The Morgan fingerprint density at radius 2 is 1.83 bits per heavy atom. The second-order valence-corrected chi connectivity index (χ2v) is 3.72. The maximum atomic E-state index is 11.3. The number of hydrogen-bond donors (Lipinski definition) is 0. The van der Waals surface area contributed by atoms with Gasteiger partial charge in [0.1, 0.15) is 6.61 Å². The summed E-state index contributed by atoms with van der Waals surface area (Å²) in [5.41, 5.74) is -0.299. The molecule has 0 rings (SSSR count). The van der Waals surface area contributed by atoms with Gasteiger partial charge in [-0.15, -0.1) is 0 Å². The van der Waals surface area contributed by atoms with Crippen LogP contribution in [0.1, 0.15) is 20.8 Å². The molecular weight excluding hydrogens is 156 g/mol. The predicted molar refractivity (Wildman–Crippen MR) is 47.2 cm³/mol. The minimum Gasteiger partial charge on any atom is -0.382 e. The molecule has 3 nitrogen and oxygen atoms in total. The Bertz CT molecular complexity index is 135. The number of ether oxygens (including phenoxy) is 2. The molecule has 12 heavy (non-hydrogen) atoms. The number of Topliss-reactive ketones (excluding diaryl/α,β-unsaturated/α-hetero) is 1. The summed E-state index contributed by atoms with van der Waals surface area (Å²) in [5, 5.41) is 0. The van der Waals surface area contributed by atoms with Gasteiger partial charge in [0.25, 0.3) is 0 Å². The van der Waals surface area contributed by atoms with Crippen molar-refractivity contribution in [2.24, 2.45) is 5.41 Å². The third-order valence-electron chi connectivity index (χ3n) is 1.50. The first kappa shape index (κ1) is 11.6. The number of rotatable bonds is 5. The normalized spacial score (nSPS) is 11.7. The number of carbonyl (C=O) groups is 1. The second kappa shape index (κ2) is 5.27. The van der Waals surface area contributed by atoms with E-state index in [1.807, 2.05) is 20.8 Å². The maximum absolute atomic E-state index is 11.3. The zero-order valence-corrected chi connectivity index (χ0v) is 8.35. The van der Waals surface area contributed by atoms with Crippen molar-refractivity contribution in [3.63, 3.8) is 0 Å². The van der Waals surface area contributed by atoms with Gasteiger partial charge in [0, 0.05) is 12.5 Å². The van der Waals surface area contributed by atoms with Gasteiger partial charge in [-0.1, -0.05) is 20.8 Å². The molecule has 0 saturated carbocycles. The highest BCUT2D eigenvalue weighted by Gasteiger charge is 2.20. The Morgan fingerprint density at radius 1 is 1.25 bits per heavy atom. The lowest BCUT2D eigenvalue weighted by molar-refractivity contribution is -0.131. The molecule has 0 atom stereocenters. The summed E-state index contributed by atoms with van der Waals surface area (Å²) < 4.78 is 9.86. The fraction of sp³-hybridized carbons (Fsp3) is 0.889. The van der Waals surface area contributed by atoms with Gasteiger partial charge >= 0.3 is 0 Å². The summed E-state index contributed by atoms with van der Waals surface area (Å²) in [4.78, 5) is 11.3. The Hall–Kier alpha value is -0.410. The first-order valence-electron chi connectivity index (χ1n) is 4.08. The van der Waals surface area contributed by atoms with Crippen molar-refractivity contribution in [1.29, 1.82) is 0 Å². The Balaban J connectivity index is 3.45. The van der Waals surface area contributed by atoms with Gasteiger partial charge in [-0.05, 0) is 0 Å². The molecule has 0 unspecified atom stereocenters. The van der Waals surface area contributed by atoms with Crippen LogP contribution >= 0.6 is 0 Å². The van der Waals surface area contributed by atoms with Gasteiger partial charge in [-0.25, -0.2) is 0 Å². The SMILES string of the molecule is COCCOCC(=O)C(C)(C)C. The molecule has 0 aromatic heterocycles. The average molecular weight is 174 g/mol. The monoisotopic (exact) mass is 174 g/mol. The largest absolute Gasteiger partial charge is 0.382 e. The molecule has 0 aliphatic rings. The van der Waals surface area contributed by atoms with E-state index in [9.17, 15) is 4.79 Å². The van der Waals surface area contributed by atoms with E-state index in [4.69, 9.17) is 9.47 Å². The van der Waals surface area contributed by atoms with Gasteiger partial charge in [-0.2, -0.15) is 0 Å². The molecule has 0 saturated heterocycles. The number of ketones is 1. The quantitative estimate of drug-likeness (QED) is 0.589. The highest BCUT2D eigenvalue weighted by molar-refractivity contribution is 5.84. The van der Waals surface area contributed by atoms with E-state index in [0.717, 1.165) is 0 Å². The molecule has 0 spiro atoms. The molecule has 3 heteroatoms. The van der Waals surface area contributed by atoms with Crippen molar-refractivity contribution in [3.8, 4) is 0 Å². The first-order valence-corrected chi connectivity index (χ1v) is 4.08. The van der Waals surface area contributed by atoms with Crippen molar-refractivity contribution in [2.75, 3.05) is 26.9 Å². The van der Waals surface area contributed by atoms with Crippen LogP contribution in [0.5, 0.6) is 0 Å². The van der Waals surface area contributed by atoms with Crippen LogP contribution in [-0.2, 0) is 14.3 Å². The van der Waals surface area contributed by atoms with E-state index in [1.54, 1.807) is 7.11 Å². The standard InChI is InChI=1S/C9H18O3/c1-9(2,3)8(10)7-12-6-5-11-4/h5-7H2,1-4H3. The van der Waals surface area contributed by atoms with Crippen molar-refractivity contribution in [1.82, 2.24) is 0 Å². The van der Waals surface area contributed by atoms with Crippen molar-refractivity contribution in [3.05, 3.63) is 0 Å². The second-order valence-electron chi connectivity index (χ2n) is 3.72. The van der Waals surface area contributed by atoms with Gasteiger partial charge < -0.3 is 9.47 Å². The molecule has 0 amide bonds. The number of methoxy groups -OCH3 is 1. The van der Waals surface area contributed by atoms with Crippen LogP contribution in [0.4, 0.5) is 0 Å². The van der Waals surface area contributed by atoms with Crippen LogP contribution < -0.4 is 0 Å². The molecule has 0 aromatic rings. The summed E-state index contributed by atoms with van der Waals surface area (Å²) >= 11 is 0. The topological polar surface area (TPSA) is 35.5 Å². The van der Waals surface area contributed by atoms with Crippen molar-refractivity contribution >= 4 is 5.78 Å². The van der Waals surface area contributed by atoms with E-state index in [-0.39, 0.29) is 17.8 Å². The van der Waals surface area contributed by atoms with Gasteiger partial charge in [-0.3, -0.25) is 4.79 Å². The van der Waals surface area contributed by atoms with Crippen LogP contribution in [0.3, 0.4) is 0 Å². The summed E-state index contributed by atoms with van der Waals surface area (Å²) in [6.45, 7) is 6.86. The minimum atomic E-state index is -0.299. The molecule has 0 aliphatic carbocycles. The van der Waals surface area contributed by atoms with Crippen molar-refractivity contribution < 1.29 is 14.3 Å². The van der Waals surface area contributed by atoms with E-state index in [2.05, 4.69) is 0 Å². The summed E-state index contributed by atoms with van der Waals surface area (Å²) in [6, 6.07) is 0. The lowest BCUT2D eigenvalue weighted by Crippen LogP contribution is -2.25. The Labute approximate surface area is 74.0 Å². The number of carbonyl (C=O) groups excluding carboxylic acids is 1. The van der Waals surface area contributed by atoms with Gasteiger partial charge in [0.2, 0.25) is 0 Å². The molecule has 0 aromatic carbocycles. The van der Waals surface area contributed by atoms with E-state index < -0.39 is 0 Å². The predicted octanol–water partition coefficient (Wildman–Crippen LogP) is 1.26. The summed E-state index contributed by atoms with van der Waals surface area (Å²) in [7, 11) is 1.61. The van der Waals surface area contributed by atoms with Crippen LogP contribution in [0.2, 0.25) is 0 Å². The molecule has 0 bridgehead atoms. The first-order chi connectivity index (χ1) is 5.48. The zero-order valence-electron chi connectivity index (χ0n) is 8.35. The lowest BCUT2D eigenvalue weighted by Gasteiger charge is -2.16. The molecule has 0 heterocycles. The fourth-order valence-electron chi connectivity index (χ4n) is 0.524. The van der Waals surface area contributed by atoms with Crippen LogP contribution in [-0.4, -0.2) is 32.7 Å². The summed E-state index contributed by atoms with van der Waals surface area (Å²) in [6.07, 6.45) is 0. The molecule has 0 radical (unpaired) electrons. The molecule has 72 valence electrons. The summed E-state index contributed by atoms with van der Waals surface area (Å²) in [5.74, 6) is 0.124. The fourth-order valence-corrected chi connectivity index (χ4v) is 0.524. The van der Waals surface area contributed by atoms with Crippen LogP contribution in [0.15, 0.2) is 0 Å². The van der Waals surface area contributed by atoms with Crippen LogP contribution in [0.25, 0.3) is 0 Å². The van der Waals surface area contributed by atoms with Crippen LogP contribution in [0, 0.1) is 5.41 Å². The molecule has 0 aliphatic heterocycles. The highest BCUT2D eigenvalue weighted by Crippen LogP contribution is 2.14. The van der Waals surface area contributed by atoms with E-state index >= 15 is 0 Å². The molecule has 0 N–H and O–H groups in total. The highest BCUT2D eigenvalue weighted by atomic mass is 16.5. The Kier molecular flexibility index (Phi) is 5.09. The minimum absolute atomic E-state index is 0.124. The van der Waals surface area contributed by atoms with Gasteiger partial charge in [0.15, 0.2) is 5.78 Å². The number of hydrogen-bond acceptors (Lipinski definition) is 3. The van der Waals surface area contributed by atoms with Crippen molar-refractivity contribution in [2.45, 2.75) is 20.8 Å². The van der Waals surface area contributed by atoms with E-state index in [0.29, 0.717) is 13.2 Å². The maximum Gasteiger partial charge on any atom is 0.163 e. The average Bonchev–Trinajstić information content (AvgIpc) is 1.96. The van der Waals surface area contributed by atoms with Gasteiger partial charge in [0.05, 0.1) is 13.2 Å².